The Morgan fingerprint density at radius 1 is 1.24 bits per heavy atom. The number of hydrogen-bond acceptors (Lipinski definition) is 6. The van der Waals surface area contributed by atoms with Crippen molar-refractivity contribution in [1.82, 2.24) is 14.7 Å². The molecule has 0 saturated carbocycles. The standard InChI is InChI=1S/C26H24ClF2N3O5/c1-13-23(14(2)37-31-13)16-7-18-19(11-32(25(18)30-10-16)17-3-5-35-6-4-17)24-20(27)8-15(26(33)34)9-21(24)36-12-22(28)29/h7-11,17,22H,3-6,12H2,1-2H3,(H,33,34). The normalized spacial score (nSPS) is 14.5. The van der Waals surface area contributed by atoms with Crippen molar-refractivity contribution in [2.75, 3.05) is 19.8 Å². The minimum Gasteiger partial charge on any atom is -0.487 e. The van der Waals surface area contributed by atoms with E-state index in [1.807, 2.05) is 30.7 Å². The first-order valence-electron chi connectivity index (χ1n) is 11.7. The maximum Gasteiger partial charge on any atom is 0.335 e. The van der Waals surface area contributed by atoms with Gasteiger partial charge in [-0.3, -0.25) is 0 Å². The van der Waals surface area contributed by atoms with Crippen molar-refractivity contribution in [2.45, 2.75) is 39.2 Å². The summed E-state index contributed by atoms with van der Waals surface area (Å²) >= 11 is 6.61. The van der Waals surface area contributed by atoms with Crippen molar-refractivity contribution < 1.29 is 32.7 Å². The van der Waals surface area contributed by atoms with Crippen molar-refractivity contribution in [3.8, 4) is 28.0 Å². The van der Waals surface area contributed by atoms with Gasteiger partial charge in [-0.1, -0.05) is 16.8 Å². The number of carboxylic acid groups (broad SMARTS) is 1. The summed E-state index contributed by atoms with van der Waals surface area (Å²) in [5.74, 6) is -0.657. The molecule has 37 heavy (non-hydrogen) atoms. The predicted molar refractivity (Wildman–Crippen MR) is 133 cm³/mol. The van der Waals surface area contributed by atoms with Gasteiger partial charge >= 0.3 is 5.97 Å². The molecule has 0 radical (unpaired) electrons. The summed E-state index contributed by atoms with van der Waals surface area (Å²) < 4.78 is 44.5. The Labute approximate surface area is 215 Å². The molecule has 11 heteroatoms. The van der Waals surface area contributed by atoms with Crippen LogP contribution in [0.3, 0.4) is 0 Å². The highest BCUT2D eigenvalue weighted by Crippen LogP contribution is 2.44. The molecule has 1 aromatic carbocycles. The fourth-order valence-electron chi connectivity index (χ4n) is 4.84. The number of benzene rings is 1. The van der Waals surface area contributed by atoms with Gasteiger partial charge in [-0.05, 0) is 44.9 Å². The highest BCUT2D eigenvalue weighted by Gasteiger charge is 2.26. The molecule has 194 valence electrons. The van der Waals surface area contributed by atoms with E-state index in [2.05, 4.69) is 5.16 Å². The maximum atomic E-state index is 13.1. The van der Waals surface area contributed by atoms with Crippen LogP contribution >= 0.6 is 11.6 Å². The van der Waals surface area contributed by atoms with Crippen LogP contribution in [-0.2, 0) is 4.74 Å². The Kier molecular flexibility index (Phi) is 6.87. The van der Waals surface area contributed by atoms with Crippen LogP contribution in [0.15, 0.2) is 35.1 Å². The summed E-state index contributed by atoms with van der Waals surface area (Å²) in [6, 6.07) is 4.54. The van der Waals surface area contributed by atoms with Crippen LogP contribution in [0.2, 0.25) is 5.02 Å². The summed E-state index contributed by atoms with van der Waals surface area (Å²) in [5.41, 5.74) is 3.70. The third-order valence-corrected chi connectivity index (χ3v) is 6.81. The average molecular weight is 532 g/mol. The molecule has 0 unspecified atom stereocenters. The number of hydrogen-bond donors (Lipinski definition) is 1. The van der Waals surface area contributed by atoms with E-state index in [1.54, 1.807) is 6.20 Å². The molecule has 1 fully saturated rings. The minimum absolute atomic E-state index is 0.0426. The molecular formula is C26H24ClF2N3O5. The van der Waals surface area contributed by atoms with Crippen LogP contribution in [0.1, 0.15) is 40.7 Å². The Balaban J connectivity index is 1.76. The fraction of sp³-hybridized carbons (Fsp3) is 0.346. The third kappa shape index (κ3) is 4.78. The van der Waals surface area contributed by atoms with Gasteiger partial charge in [0.05, 0.1) is 16.3 Å². The molecule has 1 aliphatic rings. The first-order valence-corrected chi connectivity index (χ1v) is 12.1. The van der Waals surface area contributed by atoms with Crippen molar-refractivity contribution in [2.24, 2.45) is 0 Å². The molecule has 0 atom stereocenters. The van der Waals surface area contributed by atoms with Crippen LogP contribution in [0, 0.1) is 13.8 Å². The molecule has 0 amide bonds. The number of aromatic carboxylic acids is 1. The van der Waals surface area contributed by atoms with Crippen LogP contribution in [0.4, 0.5) is 8.78 Å². The summed E-state index contributed by atoms with van der Waals surface area (Å²) in [4.78, 5) is 16.4. The number of aromatic nitrogens is 3. The average Bonchev–Trinajstić information content (AvgIpc) is 3.41. The summed E-state index contributed by atoms with van der Waals surface area (Å²) in [6.45, 7) is 3.95. The van der Waals surface area contributed by atoms with Gasteiger partial charge in [0.1, 0.15) is 23.8 Å². The van der Waals surface area contributed by atoms with Crippen LogP contribution in [0.5, 0.6) is 5.75 Å². The second-order valence-corrected chi connectivity index (χ2v) is 9.33. The van der Waals surface area contributed by atoms with Gasteiger partial charge in [0, 0.05) is 59.3 Å². The van der Waals surface area contributed by atoms with Crippen LogP contribution in [-0.4, -0.2) is 52.0 Å². The molecule has 0 bridgehead atoms. The van der Waals surface area contributed by atoms with Crippen molar-refractivity contribution in [3.05, 3.63) is 52.6 Å². The molecule has 1 N–H and O–H groups in total. The van der Waals surface area contributed by atoms with Crippen LogP contribution < -0.4 is 4.74 Å². The van der Waals surface area contributed by atoms with Gasteiger partial charge in [0.25, 0.3) is 6.43 Å². The van der Waals surface area contributed by atoms with E-state index in [0.29, 0.717) is 46.8 Å². The predicted octanol–water partition coefficient (Wildman–Crippen LogP) is 6.32. The molecule has 1 aliphatic heterocycles. The first-order chi connectivity index (χ1) is 17.7. The minimum atomic E-state index is -2.75. The van der Waals surface area contributed by atoms with E-state index < -0.39 is 19.0 Å². The number of fused-ring (bicyclic) bond motifs is 1. The largest absolute Gasteiger partial charge is 0.487 e. The Morgan fingerprint density at radius 3 is 2.65 bits per heavy atom. The van der Waals surface area contributed by atoms with Gasteiger partial charge in [0.2, 0.25) is 0 Å². The first kappa shape index (κ1) is 25.2. The Bertz CT molecular complexity index is 1460. The fourth-order valence-corrected chi connectivity index (χ4v) is 5.15. The summed E-state index contributed by atoms with van der Waals surface area (Å²) in [7, 11) is 0. The zero-order valence-electron chi connectivity index (χ0n) is 20.1. The monoisotopic (exact) mass is 531 g/mol. The zero-order chi connectivity index (χ0) is 26.3. The number of ether oxygens (including phenoxy) is 2. The Hall–Kier alpha value is -3.50. The topological polar surface area (TPSA) is 99.6 Å². The van der Waals surface area contributed by atoms with E-state index in [-0.39, 0.29) is 22.4 Å². The number of carbonyl (C=O) groups is 1. The lowest BCUT2D eigenvalue weighted by Crippen LogP contribution is -2.19. The van der Waals surface area contributed by atoms with E-state index in [0.717, 1.165) is 24.0 Å². The zero-order valence-corrected chi connectivity index (χ0v) is 20.9. The molecule has 4 heterocycles. The third-order valence-electron chi connectivity index (χ3n) is 6.51. The lowest BCUT2D eigenvalue weighted by Gasteiger charge is -2.24. The number of pyridine rings is 1. The lowest BCUT2D eigenvalue weighted by atomic mass is 9.99. The quantitative estimate of drug-likeness (QED) is 0.298. The summed E-state index contributed by atoms with van der Waals surface area (Å²) in [6.07, 6.45) is 2.42. The number of carboxylic acids is 1. The molecule has 0 spiro atoms. The lowest BCUT2D eigenvalue weighted by molar-refractivity contribution is 0.0694. The van der Waals surface area contributed by atoms with Crippen molar-refractivity contribution in [3.63, 3.8) is 0 Å². The molecular weight excluding hydrogens is 508 g/mol. The second-order valence-electron chi connectivity index (χ2n) is 8.93. The molecule has 8 nitrogen and oxygen atoms in total. The van der Waals surface area contributed by atoms with E-state index >= 15 is 0 Å². The van der Waals surface area contributed by atoms with Gasteiger partial charge in [-0.25, -0.2) is 18.6 Å². The van der Waals surface area contributed by atoms with Crippen LogP contribution in [0.25, 0.3) is 33.3 Å². The molecule has 3 aromatic heterocycles. The van der Waals surface area contributed by atoms with Gasteiger partial charge in [0.15, 0.2) is 0 Å². The van der Waals surface area contributed by atoms with E-state index in [4.69, 9.17) is 30.6 Å². The molecule has 4 aromatic rings. The van der Waals surface area contributed by atoms with Gasteiger partial charge in [-0.2, -0.15) is 0 Å². The number of rotatable bonds is 7. The Morgan fingerprint density at radius 2 is 2.00 bits per heavy atom. The van der Waals surface area contributed by atoms with Crippen molar-refractivity contribution >= 4 is 28.6 Å². The highest BCUT2D eigenvalue weighted by molar-refractivity contribution is 6.34. The van der Waals surface area contributed by atoms with Gasteiger partial charge < -0.3 is 23.7 Å². The molecule has 0 aliphatic carbocycles. The second kappa shape index (κ2) is 10.1. The molecule has 5 rings (SSSR count). The number of halogens is 3. The van der Waals surface area contributed by atoms with E-state index in [9.17, 15) is 18.7 Å². The summed E-state index contributed by atoms with van der Waals surface area (Å²) in [5, 5.41) is 14.3. The van der Waals surface area contributed by atoms with E-state index in [1.165, 1.54) is 12.1 Å². The maximum absolute atomic E-state index is 13.1. The molecule has 1 saturated heterocycles. The number of nitrogens with zero attached hydrogens (tertiary/aromatic N) is 3. The van der Waals surface area contributed by atoms with Gasteiger partial charge in [-0.15, -0.1) is 0 Å². The highest BCUT2D eigenvalue weighted by atomic mass is 35.5. The number of aryl methyl sites for hydroxylation is 2. The van der Waals surface area contributed by atoms with Crippen molar-refractivity contribution in [1.29, 1.82) is 0 Å². The number of alkyl halides is 2. The SMILES string of the molecule is Cc1noc(C)c1-c1cnc2c(c1)c(-c1c(Cl)cc(C(=O)O)cc1OCC(F)F)cn2C1CCOCC1. The smallest absolute Gasteiger partial charge is 0.335 e.